The van der Waals surface area contributed by atoms with Crippen molar-refractivity contribution in [3.05, 3.63) is 59.3 Å². The van der Waals surface area contributed by atoms with E-state index in [4.69, 9.17) is 0 Å². The first-order chi connectivity index (χ1) is 12.2. The fraction of sp³-hybridized carbons (Fsp3) is 0.400. The van der Waals surface area contributed by atoms with Crippen LogP contribution in [0.1, 0.15) is 29.5 Å². The third-order valence-electron chi connectivity index (χ3n) is 4.47. The molecule has 0 spiro atoms. The van der Waals surface area contributed by atoms with Gasteiger partial charge in [-0.2, -0.15) is 0 Å². The quantitative estimate of drug-likeness (QED) is 0.651. The summed E-state index contributed by atoms with van der Waals surface area (Å²) in [4.78, 5) is 11.2. The third kappa shape index (κ3) is 4.95. The summed E-state index contributed by atoms with van der Waals surface area (Å²) < 4.78 is 0. The van der Waals surface area contributed by atoms with Crippen molar-refractivity contribution in [2.45, 2.75) is 32.9 Å². The number of benzene rings is 1. The van der Waals surface area contributed by atoms with Crippen LogP contribution in [0.3, 0.4) is 0 Å². The molecule has 2 heterocycles. The highest BCUT2D eigenvalue weighted by Gasteiger charge is 2.12. The summed E-state index contributed by atoms with van der Waals surface area (Å²) in [5.74, 6) is 1.88. The van der Waals surface area contributed by atoms with Crippen LogP contribution in [0, 0.1) is 6.92 Å². The minimum absolute atomic E-state index is 0.709. The lowest BCUT2D eigenvalue weighted by atomic mass is 10.1. The second-order valence-electron chi connectivity index (χ2n) is 6.49. The molecule has 1 aromatic heterocycles. The van der Waals surface area contributed by atoms with E-state index in [1.54, 1.807) is 7.05 Å². The zero-order valence-corrected chi connectivity index (χ0v) is 15.1. The Labute approximate surface area is 150 Å². The third-order valence-corrected chi connectivity index (χ3v) is 4.47. The summed E-state index contributed by atoms with van der Waals surface area (Å²) in [6.45, 7) is 5.82. The maximum atomic E-state index is 4.59. The Hall–Kier alpha value is -2.56. The van der Waals surface area contributed by atoms with Crippen molar-refractivity contribution in [2.24, 2.45) is 4.99 Å². The minimum atomic E-state index is 0.709. The molecule has 0 amide bonds. The fourth-order valence-corrected chi connectivity index (χ4v) is 3.07. The molecule has 0 radical (unpaired) electrons. The molecule has 3 rings (SSSR count). The first-order valence-electron chi connectivity index (χ1n) is 8.94. The van der Waals surface area contributed by atoms with E-state index < -0.39 is 0 Å². The number of aliphatic imine (C=N–C) groups is 1. The van der Waals surface area contributed by atoms with Gasteiger partial charge < -0.3 is 15.5 Å². The molecule has 1 saturated heterocycles. The lowest BCUT2D eigenvalue weighted by Crippen LogP contribution is -2.36. The molecular weight excluding hydrogens is 310 g/mol. The highest BCUT2D eigenvalue weighted by molar-refractivity contribution is 5.79. The van der Waals surface area contributed by atoms with Gasteiger partial charge in [0.1, 0.15) is 5.82 Å². The van der Waals surface area contributed by atoms with Crippen molar-refractivity contribution in [3.8, 4) is 0 Å². The van der Waals surface area contributed by atoms with E-state index in [9.17, 15) is 0 Å². The summed E-state index contributed by atoms with van der Waals surface area (Å²) in [6, 6.07) is 12.7. The Kier molecular flexibility index (Phi) is 5.88. The van der Waals surface area contributed by atoms with E-state index in [0.717, 1.165) is 37.0 Å². The Balaban J connectivity index is 1.49. The molecule has 2 aromatic rings. The predicted molar refractivity (Wildman–Crippen MR) is 104 cm³/mol. The summed E-state index contributed by atoms with van der Waals surface area (Å²) in [7, 11) is 1.79. The lowest BCUT2D eigenvalue weighted by Gasteiger charge is -2.16. The molecule has 1 aliphatic heterocycles. The molecule has 5 nitrogen and oxygen atoms in total. The van der Waals surface area contributed by atoms with Gasteiger partial charge >= 0.3 is 0 Å². The second kappa shape index (κ2) is 8.51. The van der Waals surface area contributed by atoms with Crippen LogP contribution in [-0.2, 0) is 13.1 Å². The summed E-state index contributed by atoms with van der Waals surface area (Å²) in [5, 5.41) is 6.69. The van der Waals surface area contributed by atoms with Crippen molar-refractivity contribution in [3.63, 3.8) is 0 Å². The number of hydrogen-bond donors (Lipinski definition) is 2. The fourth-order valence-electron chi connectivity index (χ4n) is 3.07. The lowest BCUT2D eigenvalue weighted by molar-refractivity contribution is 0.805. The Bertz CT molecular complexity index is 702. The maximum absolute atomic E-state index is 4.59. The molecule has 1 aromatic carbocycles. The molecule has 0 aliphatic carbocycles. The minimum Gasteiger partial charge on any atom is -0.357 e. The number of anilines is 1. The first-order valence-corrected chi connectivity index (χ1v) is 8.94. The molecule has 5 heteroatoms. The molecular formula is C20H27N5. The van der Waals surface area contributed by atoms with Crippen LogP contribution in [-0.4, -0.2) is 31.1 Å². The van der Waals surface area contributed by atoms with Crippen LogP contribution in [0.5, 0.6) is 0 Å². The molecule has 0 atom stereocenters. The van der Waals surface area contributed by atoms with Crippen molar-refractivity contribution in [2.75, 3.05) is 25.0 Å². The zero-order chi connectivity index (χ0) is 17.5. The number of hydrogen-bond acceptors (Lipinski definition) is 3. The highest BCUT2D eigenvalue weighted by Crippen LogP contribution is 2.17. The van der Waals surface area contributed by atoms with Gasteiger partial charge in [-0.3, -0.25) is 4.99 Å². The SMILES string of the molecule is CN=C(NCc1ccc(N2CCCC2)nc1)NCc1cccc(C)c1. The van der Waals surface area contributed by atoms with Crippen molar-refractivity contribution in [1.29, 1.82) is 0 Å². The van der Waals surface area contributed by atoms with Gasteiger partial charge in [0.05, 0.1) is 0 Å². The number of rotatable bonds is 5. The van der Waals surface area contributed by atoms with Gasteiger partial charge in [-0.05, 0) is 37.0 Å². The summed E-state index contributed by atoms with van der Waals surface area (Å²) in [5.41, 5.74) is 3.67. The largest absolute Gasteiger partial charge is 0.357 e. The molecule has 1 aliphatic rings. The van der Waals surface area contributed by atoms with Crippen LogP contribution in [0.25, 0.3) is 0 Å². The van der Waals surface area contributed by atoms with Gasteiger partial charge in [0.2, 0.25) is 0 Å². The number of aryl methyl sites for hydroxylation is 1. The van der Waals surface area contributed by atoms with Crippen LogP contribution in [0.15, 0.2) is 47.6 Å². The molecule has 0 unspecified atom stereocenters. The molecule has 2 N–H and O–H groups in total. The first kappa shape index (κ1) is 17.3. The number of aromatic nitrogens is 1. The van der Waals surface area contributed by atoms with Crippen LogP contribution in [0.4, 0.5) is 5.82 Å². The van der Waals surface area contributed by atoms with Crippen LogP contribution >= 0.6 is 0 Å². The summed E-state index contributed by atoms with van der Waals surface area (Å²) >= 11 is 0. The number of nitrogens with one attached hydrogen (secondary N) is 2. The van der Waals surface area contributed by atoms with E-state index in [1.807, 2.05) is 6.20 Å². The normalized spacial score (nSPS) is 14.6. The average molecular weight is 337 g/mol. The van der Waals surface area contributed by atoms with Gasteiger partial charge in [0, 0.05) is 39.4 Å². The van der Waals surface area contributed by atoms with Crippen molar-refractivity contribution >= 4 is 11.8 Å². The maximum Gasteiger partial charge on any atom is 0.191 e. The van der Waals surface area contributed by atoms with E-state index >= 15 is 0 Å². The standard InChI is InChI=1S/C20H27N5/c1-16-6-5-7-17(12-16)13-23-20(21-2)24-15-18-8-9-19(22-14-18)25-10-3-4-11-25/h5-9,12,14H,3-4,10-11,13,15H2,1-2H3,(H2,21,23,24). The smallest absolute Gasteiger partial charge is 0.191 e. The molecule has 132 valence electrons. The Morgan fingerprint density at radius 2 is 1.84 bits per heavy atom. The molecule has 25 heavy (non-hydrogen) atoms. The van der Waals surface area contributed by atoms with Gasteiger partial charge in [-0.15, -0.1) is 0 Å². The predicted octanol–water partition coefficient (Wildman–Crippen LogP) is 2.86. The molecule has 0 bridgehead atoms. The Morgan fingerprint density at radius 1 is 1.08 bits per heavy atom. The van der Waals surface area contributed by atoms with Crippen LogP contribution in [0.2, 0.25) is 0 Å². The zero-order valence-electron chi connectivity index (χ0n) is 15.1. The van der Waals surface area contributed by atoms with Gasteiger partial charge in [-0.1, -0.05) is 35.9 Å². The Morgan fingerprint density at radius 3 is 2.48 bits per heavy atom. The number of guanidine groups is 1. The average Bonchev–Trinajstić information content (AvgIpc) is 3.17. The highest BCUT2D eigenvalue weighted by atomic mass is 15.2. The number of pyridine rings is 1. The topological polar surface area (TPSA) is 52.6 Å². The summed E-state index contributed by atoms with van der Waals surface area (Å²) in [6.07, 6.45) is 4.50. The molecule has 1 fully saturated rings. The van der Waals surface area contributed by atoms with Crippen molar-refractivity contribution < 1.29 is 0 Å². The van der Waals surface area contributed by atoms with Gasteiger partial charge in [-0.25, -0.2) is 4.98 Å². The van der Waals surface area contributed by atoms with E-state index in [1.165, 1.54) is 24.0 Å². The molecule has 0 saturated carbocycles. The van der Waals surface area contributed by atoms with E-state index in [2.05, 4.69) is 68.8 Å². The number of nitrogens with zero attached hydrogens (tertiary/aromatic N) is 3. The van der Waals surface area contributed by atoms with Gasteiger partial charge in [0.25, 0.3) is 0 Å². The van der Waals surface area contributed by atoms with E-state index in [-0.39, 0.29) is 0 Å². The monoisotopic (exact) mass is 337 g/mol. The van der Waals surface area contributed by atoms with Crippen molar-refractivity contribution in [1.82, 2.24) is 15.6 Å². The van der Waals surface area contributed by atoms with Gasteiger partial charge in [0.15, 0.2) is 5.96 Å². The second-order valence-corrected chi connectivity index (χ2v) is 6.49. The van der Waals surface area contributed by atoms with Crippen LogP contribution < -0.4 is 15.5 Å². The van der Waals surface area contributed by atoms with E-state index in [0.29, 0.717) is 6.54 Å².